The molecule has 0 aliphatic heterocycles. The number of phenols is 1. The molecule has 17 heavy (non-hydrogen) atoms. The molecule has 0 heterocycles. The molecule has 0 radical (unpaired) electrons. The van der Waals surface area contributed by atoms with Gasteiger partial charge in [-0.3, -0.25) is 9.59 Å². The number of nitrogen functional groups attached to an aromatic ring is 1. The highest BCUT2D eigenvalue weighted by Gasteiger charge is 2.18. The molecule has 0 fully saturated rings. The number of carbonyl (C=O) groups excluding carboxylic acids is 2. The van der Waals surface area contributed by atoms with Crippen LogP contribution in [0.2, 0.25) is 0 Å². The van der Waals surface area contributed by atoms with Gasteiger partial charge in [-0.15, -0.1) is 0 Å². The fourth-order valence-corrected chi connectivity index (χ4v) is 1.30. The van der Waals surface area contributed by atoms with Crippen LogP contribution in [0.5, 0.6) is 5.75 Å². The monoisotopic (exact) mass is 237 g/mol. The Balaban J connectivity index is 2.84. The van der Waals surface area contributed by atoms with E-state index in [1.54, 1.807) is 13.0 Å². The van der Waals surface area contributed by atoms with Crippen LogP contribution in [-0.4, -0.2) is 30.0 Å². The number of likely N-dealkylation sites (N-methyl/N-ethyl adjacent to an activating group) is 1. The number of carbonyl (C=O) groups is 2. The van der Waals surface area contributed by atoms with Crippen molar-refractivity contribution in [1.82, 2.24) is 10.6 Å². The third-order valence-electron chi connectivity index (χ3n) is 2.30. The molecule has 0 aliphatic carbocycles. The van der Waals surface area contributed by atoms with Crippen molar-refractivity contribution in [2.45, 2.75) is 13.0 Å². The van der Waals surface area contributed by atoms with E-state index in [9.17, 15) is 14.7 Å². The van der Waals surface area contributed by atoms with Crippen LogP contribution in [0.15, 0.2) is 18.2 Å². The average Bonchev–Trinajstić information content (AvgIpc) is 2.31. The predicted molar refractivity (Wildman–Crippen MR) is 63.5 cm³/mol. The van der Waals surface area contributed by atoms with Crippen LogP contribution in [0.4, 0.5) is 5.69 Å². The van der Waals surface area contributed by atoms with Crippen LogP contribution in [0.3, 0.4) is 0 Å². The number of rotatable bonds is 3. The topological polar surface area (TPSA) is 104 Å². The molecule has 0 aromatic heterocycles. The van der Waals surface area contributed by atoms with Crippen molar-refractivity contribution in [3.05, 3.63) is 23.8 Å². The van der Waals surface area contributed by atoms with Crippen molar-refractivity contribution in [3.63, 3.8) is 0 Å². The Labute approximate surface area is 98.8 Å². The second-order valence-electron chi connectivity index (χ2n) is 3.55. The molecule has 5 N–H and O–H groups in total. The summed E-state index contributed by atoms with van der Waals surface area (Å²) in [5.41, 5.74) is 5.62. The highest BCUT2D eigenvalue weighted by atomic mass is 16.3. The van der Waals surface area contributed by atoms with Crippen LogP contribution in [0, 0.1) is 0 Å². The molecule has 1 rings (SSSR count). The number of benzene rings is 1. The van der Waals surface area contributed by atoms with Gasteiger partial charge in [-0.25, -0.2) is 0 Å². The quantitative estimate of drug-likeness (QED) is 0.433. The molecule has 0 spiro atoms. The van der Waals surface area contributed by atoms with E-state index in [1.165, 1.54) is 19.2 Å². The zero-order chi connectivity index (χ0) is 13.0. The Morgan fingerprint density at radius 3 is 2.65 bits per heavy atom. The number of anilines is 1. The van der Waals surface area contributed by atoms with Gasteiger partial charge in [0.05, 0.1) is 11.3 Å². The van der Waals surface area contributed by atoms with Gasteiger partial charge in [-0.1, -0.05) is 6.07 Å². The molecular formula is C11H15N3O3. The number of hydrogen-bond acceptors (Lipinski definition) is 4. The molecule has 0 bridgehead atoms. The summed E-state index contributed by atoms with van der Waals surface area (Å²) in [6, 6.07) is 3.77. The third-order valence-corrected chi connectivity index (χ3v) is 2.30. The summed E-state index contributed by atoms with van der Waals surface area (Å²) in [6.07, 6.45) is 0. The highest BCUT2D eigenvalue weighted by Crippen LogP contribution is 2.24. The summed E-state index contributed by atoms with van der Waals surface area (Å²) in [4.78, 5) is 23.0. The first-order chi connectivity index (χ1) is 7.97. The maximum Gasteiger partial charge on any atom is 0.255 e. The molecule has 2 amide bonds. The minimum absolute atomic E-state index is 0.0424. The van der Waals surface area contributed by atoms with Crippen molar-refractivity contribution in [3.8, 4) is 5.75 Å². The fourth-order valence-electron chi connectivity index (χ4n) is 1.30. The number of hydrogen-bond donors (Lipinski definition) is 4. The molecular weight excluding hydrogens is 222 g/mol. The number of para-hydroxylation sites is 1. The van der Waals surface area contributed by atoms with E-state index in [2.05, 4.69) is 10.6 Å². The number of nitrogens with two attached hydrogens (primary N) is 1. The van der Waals surface area contributed by atoms with Gasteiger partial charge in [0, 0.05) is 7.05 Å². The van der Waals surface area contributed by atoms with Crippen molar-refractivity contribution < 1.29 is 14.7 Å². The summed E-state index contributed by atoms with van der Waals surface area (Å²) in [6.45, 7) is 1.54. The average molecular weight is 237 g/mol. The van der Waals surface area contributed by atoms with E-state index in [0.29, 0.717) is 0 Å². The third kappa shape index (κ3) is 2.87. The van der Waals surface area contributed by atoms with Crippen molar-refractivity contribution >= 4 is 17.5 Å². The second-order valence-corrected chi connectivity index (χ2v) is 3.55. The van der Waals surface area contributed by atoms with E-state index in [4.69, 9.17) is 5.73 Å². The van der Waals surface area contributed by atoms with Crippen LogP contribution in [-0.2, 0) is 4.79 Å². The van der Waals surface area contributed by atoms with Crippen molar-refractivity contribution in [2.24, 2.45) is 0 Å². The van der Waals surface area contributed by atoms with Gasteiger partial charge in [-0.05, 0) is 19.1 Å². The maximum atomic E-state index is 11.7. The van der Waals surface area contributed by atoms with E-state index < -0.39 is 11.9 Å². The first-order valence-corrected chi connectivity index (χ1v) is 5.07. The summed E-state index contributed by atoms with van der Waals surface area (Å²) in [5.74, 6) is -1.15. The lowest BCUT2D eigenvalue weighted by Crippen LogP contribution is -2.43. The van der Waals surface area contributed by atoms with E-state index >= 15 is 0 Å². The fraction of sp³-hybridized carbons (Fsp3) is 0.273. The molecule has 0 saturated heterocycles. The molecule has 6 nitrogen and oxygen atoms in total. The Hall–Kier alpha value is -2.24. The normalized spacial score (nSPS) is 11.6. The lowest BCUT2D eigenvalue weighted by molar-refractivity contribution is -0.122. The van der Waals surface area contributed by atoms with E-state index in [-0.39, 0.29) is 22.9 Å². The van der Waals surface area contributed by atoms with Gasteiger partial charge in [0.25, 0.3) is 5.91 Å². The maximum absolute atomic E-state index is 11.7. The van der Waals surface area contributed by atoms with Gasteiger partial charge in [0.2, 0.25) is 5.91 Å². The Kier molecular flexibility index (Phi) is 3.92. The van der Waals surface area contributed by atoms with Crippen molar-refractivity contribution in [1.29, 1.82) is 0 Å². The molecule has 0 aliphatic rings. The number of aromatic hydroxyl groups is 1. The number of phenolic OH excluding ortho intramolecular Hbond substituents is 1. The van der Waals surface area contributed by atoms with Gasteiger partial charge in [0.1, 0.15) is 6.04 Å². The molecule has 1 atom stereocenters. The highest BCUT2D eigenvalue weighted by molar-refractivity contribution is 6.00. The molecule has 6 heteroatoms. The molecule has 92 valence electrons. The summed E-state index contributed by atoms with van der Waals surface area (Å²) in [7, 11) is 1.48. The first-order valence-electron chi connectivity index (χ1n) is 5.07. The summed E-state index contributed by atoms with van der Waals surface area (Å²) in [5, 5.41) is 14.4. The lowest BCUT2D eigenvalue weighted by Gasteiger charge is -2.13. The molecule has 1 unspecified atom stereocenters. The van der Waals surface area contributed by atoms with E-state index in [1.807, 2.05) is 0 Å². The van der Waals surface area contributed by atoms with Crippen LogP contribution in [0.25, 0.3) is 0 Å². The standard InChI is InChI=1S/C11H15N3O3/c1-6(10(16)13-2)14-11(17)7-4-3-5-8(12)9(7)15/h3-6,15H,12H2,1-2H3,(H,13,16)(H,14,17). The SMILES string of the molecule is CNC(=O)C(C)NC(=O)c1cccc(N)c1O. The number of nitrogens with one attached hydrogen (secondary N) is 2. The summed E-state index contributed by atoms with van der Waals surface area (Å²) >= 11 is 0. The largest absolute Gasteiger partial charge is 0.505 e. The molecule has 1 aromatic rings. The Bertz CT molecular complexity index is 446. The van der Waals surface area contributed by atoms with Gasteiger partial charge in [0.15, 0.2) is 5.75 Å². The van der Waals surface area contributed by atoms with Gasteiger partial charge in [-0.2, -0.15) is 0 Å². The zero-order valence-electron chi connectivity index (χ0n) is 9.65. The van der Waals surface area contributed by atoms with Crippen LogP contribution >= 0.6 is 0 Å². The Morgan fingerprint density at radius 1 is 1.41 bits per heavy atom. The second kappa shape index (κ2) is 5.20. The minimum Gasteiger partial charge on any atom is -0.505 e. The lowest BCUT2D eigenvalue weighted by atomic mass is 10.1. The molecule has 0 saturated carbocycles. The predicted octanol–water partition coefficient (Wildman–Crippen LogP) is -0.161. The summed E-state index contributed by atoms with van der Waals surface area (Å²) < 4.78 is 0. The first kappa shape index (κ1) is 12.8. The van der Waals surface area contributed by atoms with Crippen LogP contribution < -0.4 is 16.4 Å². The van der Waals surface area contributed by atoms with Gasteiger partial charge < -0.3 is 21.5 Å². The van der Waals surface area contributed by atoms with Crippen molar-refractivity contribution in [2.75, 3.05) is 12.8 Å². The van der Waals surface area contributed by atoms with Gasteiger partial charge >= 0.3 is 0 Å². The Morgan fingerprint density at radius 2 is 2.06 bits per heavy atom. The molecule has 1 aromatic carbocycles. The minimum atomic E-state index is -0.687. The number of amides is 2. The van der Waals surface area contributed by atoms with E-state index in [0.717, 1.165) is 0 Å². The zero-order valence-corrected chi connectivity index (χ0v) is 9.65. The smallest absolute Gasteiger partial charge is 0.255 e. The van der Waals surface area contributed by atoms with Crippen LogP contribution in [0.1, 0.15) is 17.3 Å².